The van der Waals surface area contributed by atoms with Crippen molar-refractivity contribution in [2.45, 2.75) is 31.2 Å². The number of hydrogen-bond acceptors (Lipinski definition) is 5. The molecule has 1 fully saturated rings. The van der Waals surface area contributed by atoms with Gasteiger partial charge >= 0.3 is 12.1 Å². The molecule has 1 aromatic heterocycles. The molecule has 1 unspecified atom stereocenters. The van der Waals surface area contributed by atoms with Crippen molar-refractivity contribution in [2.75, 3.05) is 11.9 Å². The Bertz CT molecular complexity index is 1260. The second kappa shape index (κ2) is 8.87. The Morgan fingerprint density at radius 2 is 1.63 bits per heavy atom. The van der Waals surface area contributed by atoms with Gasteiger partial charge in [0.2, 0.25) is 5.91 Å². The van der Waals surface area contributed by atoms with Crippen LogP contribution in [0.1, 0.15) is 47.3 Å². The quantitative estimate of drug-likeness (QED) is 0.469. The van der Waals surface area contributed by atoms with E-state index in [1.165, 1.54) is 18.3 Å². The van der Waals surface area contributed by atoms with Crippen LogP contribution in [-0.2, 0) is 9.53 Å². The number of carboxylic acid groups (broad SMARTS) is 1. The number of pyridine rings is 1. The number of hydrogen-bond donors (Lipinski definition) is 3. The van der Waals surface area contributed by atoms with Crippen LogP contribution in [0.4, 0.5) is 10.5 Å². The number of benzene rings is 2. The van der Waals surface area contributed by atoms with Crippen LogP contribution in [0.5, 0.6) is 0 Å². The number of anilines is 1. The van der Waals surface area contributed by atoms with Gasteiger partial charge in [0, 0.05) is 5.92 Å². The Hall–Kier alpha value is -4.20. The number of aromatic nitrogens is 1. The third kappa shape index (κ3) is 4.35. The fraction of sp³-hybridized carbons (Fsp3) is 0.259. The van der Waals surface area contributed by atoms with Crippen LogP contribution in [0.15, 0.2) is 66.9 Å². The summed E-state index contributed by atoms with van der Waals surface area (Å²) in [7, 11) is 0. The molecule has 0 spiro atoms. The second-order valence-corrected chi connectivity index (χ2v) is 9.12. The predicted molar refractivity (Wildman–Crippen MR) is 129 cm³/mol. The highest BCUT2D eigenvalue weighted by atomic mass is 16.5. The van der Waals surface area contributed by atoms with E-state index in [0.29, 0.717) is 5.69 Å². The molecule has 3 N–H and O–H groups in total. The van der Waals surface area contributed by atoms with Gasteiger partial charge in [-0.25, -0.2) is 14.6 Å². The molecule has 35 heavy (non-hydrogen) atoms. The van der Waals surface area contributed by atoms with Crippen molar-refractivity contribution in [2.24, 2.45) is 5.92 Å². The first-order valence-electron chi connectivity index (χ1n) is 11.5. The average Bonchev–Trinajstić information content (AvgIpc) is 3.67. The van der Waals surface area contributed by atoms with Gasteiger partial charge in [-0.05, 0) is 60.1 Å². The smallest absolute Gasteiger partial charge is 0.408 e. The van der Waals surface area contributed by atoms with E-state index in [0.717, 1.165) is 35.1 Å². The molecule has 178 valence electrons. The minimum Gasteiger partial charge on any atom is -0.477 e. The van der Waals surface area contributed by atoms with Gasteiger partial charge in [0.05, 0.1) is 11.9 Å². The molecule has 8 heteroatoms. The number of carbonyl (C=O) groups excluding carboxylic acids is 2. The Balaban J connectivity index is 1.26. The fourth-order valence-corrected chi connectivity index (χ4v) is 4.71. The monoisotopic (exact) mass is 471 g/mol. The molecule has 2 aromatic carbocycles. The third-order valence-corrected chi connectivity index (χ3v) is 6.81. The van der Waals surface area contributed by atoms with Gasteiger partial charge in [0.25, 0.3) is 0 Å². The SMILES string of the molecule is CC(NC(=O)OCC1c2ccccc2-c2ccccc21)(C(=O)Nc1ccc(C(=O)O)nc1)C1CC1. The van der Waals surface area contributed by atoms with Gasteiger partial charge in [0.15, 0.2) is 0 Å². The van der Waals surface area contributed by atoms with Crippen LogP contribution in [0.3, 0.4) is 0 Å². The van der Waals surface area contributed by atoms with Gasteiger partial charge < -0.3 is 20.5 Å². The Labute approximate surface area is 202 Å². The summed E-state index contributed by atoms with van der Waals surface area (Å²) in [5.74, 6) is -1.65. The Kier molecular flexibility index (Phi) is 5.72. The van der Waals surface area contributed by atoms with Crippen LogP contribution in [0.25, 0.3) is 11.1 Å². The summed E-state index contributed by atoms with van der Waals surface area (Å²) in [5, 5.41) is 14.5. The van der Waals surface area contributed by atoms with Crippen molar-refractivity contribution in [1.29, 1.82) is 0 Å². The van der Waals surface area contributed by atoms with Gasteiger partial charge in [0.1, 0.15) is 17.8 Å². The number of carboxylic acids is 1. The molecule has 2 aliphatic rings. The number of alkyl carbamates (subject to hydrolysis) is 1. The van der Waals surface area contributed by atoms with Gasteiger partial charge in [-0.3, -0.25) is 4.79 Å². The minimum absolute atomic E-state index is 0.0192. The van der Waals surface area contributed by atoms with Crippen LogP contribution in [0.2, 0.25) is 0 Å². The first-order valence-corrected chi connectivity index (χ1v) is 11.5. The zero-order valence-corrected chi connectivity index (χ0v) is 19.2. The van der Waals surface area contributed by atoms with Crippen molar-refractivity contribution < 1.29 is 24.2 Å². The molecule has 3 aromatic rings. The third-order valence-electron chi connectivity index (χ3n) is 6.81. The summed E-state index contributed by atoms with van der Waals surface area (Å²) in [5.41, 5.74) is 3.56. The zero-order chi connectivity index (χ0) is 24.6. The number of amides is 2. The van der Waals surface area contributed by atoms with E-state index >= 15 is 0 Å². The molecular weight excluding hydrogens is 446 g/mol. The number of ether oxygens (including phenoxy) is 1. The highest BCUT2D eigenvalue weighted by Crippen LogP contribution is 2.44. The maximum absolute atomic E-state index is 13.1. The normalized spacial score (nSPS) is 15.9. The van der Waals surface area contributed by atoms with E-state index in [4.69, 9.17) is 9.84 Å². The number of carbonyl (C=O) groups is 3. The van der Waals surface area contributed by atoms with Crippen molar-refractivity contribution in [3.05, 3.63) is 83.7 Å². The van der Waals surface area contributed by atoms with E-state index in [-0.39, 0.29) is 24.1 Å². The van der Waals surface area contributed by atoms with Crippen molar-refractivity contribution in [3.8, 4) is 11.1 Å². The molecular formula is C27H25N3O5. The maximum Gasteiger partial charge on any atom is 0.408 e. The molecule has 5 rings (SSSR count). The van der Waals surface area contributed by atoms with Crippen LogP contribution in [0, 0.1) is 5.92 Å². The Morgan fingerprint density at radius 1 is 1.00 bits per heavy atom. The first-order chi connectivity index (χ1) is 16.9. The highest BCUT2D eigenvalue weighted by Gasteiger charge is 2.49. The lowest BCUT2D eigenvalue weighted by atomic mass is 9.94. The standard InChI is InChI=1S/C27H25N3O5/c1-27(16-10-11-16,25(33)29-17-12-13-23(24(31)32)28-14-17)30-26(34)35-15-22-20-8-4-2-6-18(20)19-7-3-5-9-21(19)22/h2-9,12-14,16,22H,10-11,15H2,1H3,(H,29,33)(H,30,34)(H,31,32). The largest absolute Gasteiger partial charge is 0.477 e. The van der Waals surface area contributed by atoms with Crippen LogP contribution in [-0.4, -0.2) is 40.2 Å². The second-order valence-electron chi connectivity index (χ2n) is 9.12. The highest BCUT2D eigenvalue weighted by molar-refractivity contribution is 6.00. The summed E-state index contributed by atoms with van der Waals surface area (Å²) in [4.78, 5) is 40.8. The lowest BCUT2D eigenvalue weighted by Gasteiger charge is -2.29. The van der Waals surface area contributed by atoms with E-state index in [9.17, 15) is 14.4 Å². The van der Waals surface area contributed by atoms with Crippen molar-refractivity contribution in [1.82, 2.24) is 10.3 Å². The molecule has 2 aliphatic carbocycles. The molecule has 0 saturated heterocycles. The summed E-state index contributed by atoms with van der Waals surface area (Å²) in [6, 6.07) is 19.0. The van der Waals surface area contributed by atoms with Gasteiger partial charge in [-0.15, -0.1) is 0 Å². The lowest BCUT2D eigenvalue weighted by molar-refractivity contribution is -0.122. The number of fused-ring (bicyclic) bond motifs is 3. The molecule has 0 radical (unpaired) electrons. The van der Waals surface area contributed by atoms with Gasteiger partial charge in [-0.1, -0.05) is 48.5 Å². The molecule has 2 amide bonds. The predicted octanol–water partition coefficient (Wildman–Crippen LogP) is 4.43. The molecule has 0 aliphatic heterocycles. The molecule has 1 heterocycles. The number of nitrogens with zero attached hydrogens (tertiary/aromatic N) is 1. The number of aromatic carboxylic acids is 1. The number of nitrogens with one attached hydrogen (secondary N) is 2. The van der Waals surface area contributed by atoms with Crippen LogP contribution < -0.4 is 10.6 Å². The first kappa shape index (κ1) is 22.6. The van der Waals surface area contributed by atoms with E-state index in [1.54, 1.807) is 6.92 Å². The lowest BCUT2D eigenvalue weighted by Crippen LogP contribution is -2.56. The molecule has 0 bridgehead atoms. The average molecular weight is 472 g/mol. The molecule has 1 saturated carbocycles. The number of rotatable bonds is 7. The van der Waals surface area contributed by atoms with Crippen molar-refractivity contribution in [3.63, 3.8) is 0 Å². The Morgan fingerprint density at radius 3 is 2.17 bits per heavy atom. The van der Waals surface area contributed by atoms with Crippen molar-refractivity contribution >= 4 is 23.7 Å². The summed E-state index contributed by atoms with van der Waals surface area (Å²) >= 11 is 0. The summed E-state index contributed by atoms with van der Waals surface area (Å²) < 4.78 is 5.65. The fourth-order valence-electron chi connectivity index (χ4n) is 4.71. The van der Waals surface area contributed by atoms with E-state index in [1.807, 2.05) is 36.4 Å². The molecule has 8 nitrogen and oxygen atoms in total. The molecule has 1 atom stereocenters. The maximum atomic E-state index is 13.1. The zero-order valence-electron chi connectivity index (χ0n) is 19.2. The van der Waals surface area contributed by atoms with E-state index < -0.39 is 23.5 Å². The van der Waals surface area contributed by atoms with E-state index in [2.05, 4.69) is 27.8 Å². The summed E-state index contributed by atoms with van der Waals surface area (Å²) in [6.07, 6.45) is 2.24. The summed E-state index contributed by atoms with van der Waals surface area (Å²) in [6.45, 7) is 1.84. The minimum atomic E-state index is -1.17. The topological polar surface area (TPSA) is 118 Å². The van der Waals surface area contributed by atoms with Gasteiger partial charge in [-0.2, -0.15) is 0 Å². The van der Waals surface area contributed by atoms with Crippen LogP contribution >= 0.6 is 0 Å².